The number of hydrogen-bond donors (Lipinski definition) is 2. The van der Waals surface area contributed by atoms with Gasteiger partial charge in [0.1, 0.15) is 0 Å². The van der Waals surface area contributed by atoms with E-state index in [2.05, 4.69) is 0 Å². The lowest BCUT2D eigenvalue weighted by atomic mass is 10.2. The van der Waals surface area contributed by atoms with Crippen molar-refractivity contribution in [3.8, 4) is 0 Å². The molecule has 0 fully saturated rings. The average Bonchev–Trinajstić information content (AvgIpc) is 1.85. The lowest BCUT2D eigenvalue weighted by molar-refractivity contribution is -0.125. The smallest absolute Gasteiger partial charge is 0.229 e. The molecule has 5 heteroatoms. The Morgan fingerprint density at radius 3 is 2.40 bits per heavy atom. The Kier molecular flexibility index (Phi) is 4.18. The van der Waals surface area contributed by atoms with Crippen molar-refractivity contribution in [2.24, 2.45) is 5.73 Å². The van der Waals surface area contributed by atoms with E-state index in [-0.39, 0.29) is 0 Å². The molecule has 0 saturated heterocycles. The van der Waals surface area contributed by atoms with Crippen molar-refractivity contribution in [3.05, 3.63) is 0 Å². The Labute approximate surface area is 63.0 Å². The number of aliphatic hydroxyl groups is 1. The fourth-order valence-electron chi connectivity index (χ4n) is 0.370. The first-order valence-corrected chi connectivity index (χ1v) is 3.03. The zero-order valence-electron chi connectivity index (χ0n) is 5.21. The quantitative estimate of drug-likeness (QED) is 0.415. The molecule has 0 aromatic heterocycles. The highest BCUT2D eigenvalue weighted by molar-refractivity contribution is 6.65. The van der Waals surface area contributed by atoms with Crippen molar-refractivity contribution in [1.82, 2.24) is 0 Å². The topological polar surface area (TPSA) is 80.4 Å². The Morgan fingerprint density at radius 1 is 1.60 bits per heavy atom. The molecule has 0 radical (unpaired) electrons. The Bertz CT molecular complexity index is 148. The third kappa shape index (κ3) is 3.55. The lowest BCUT2D eigenvalue weighted by Gasteiger charge is -2.02. The Morgan fingerprint density at radius 2 is 2.10 bits per heavy atom. The van der Waals surface area contributed by atoms with Gasteiger partial charge < -0.3 is 10.8 Å². The number of aliphatic hydroxyl groups excluding tert-OH is 1. The molecule has 0 heterocycles. The van der Waals surface area contributed by atoms with Gasteiger partial charge in [0, 0.05) is 0 Å². The normalized spacial score (nSPS) is 12.7. The van der Waals surface area contributed by atoms with E-state index in [1.807, 2.05) is 0 Å². The molecule has 1 atom stereocenters. The number of carbonyl (C=O) groups is 2. The van der Waals surface area contributed by atoms with E-state index in [0.717, 1.165) is 0 Å². The van der Waals surface area contributed by atoms with E-state index >= 15 is 0 Å². The van der Waals surface area contributed by atoms with Gasteiger partial charge in [0.25, 0.3) is 0 Å². The van der Waals surface area contributed by atoms with Crippen LogP contribution in [0.3, 0.4) is 0 Å². The lowest BCUT2D eigenvalue weighted by Crippen LogP contribution is -2.34. The van der Waals surface area contributed by atoms with Crippen LogP contribution in [-0.4, -0.2) is 28.8 Å². The van der Waals surface area contributed by atoms with Crippen LogP contribution in [0.1, 0.15) is 6.42 Å². The molecular weight excluding hydrogens is 158 g/mol. The van der Waals surface area contributed by atoms with Crippen molar-refractivity contribution in [2.45, 2.75) is 12.5 Å². The molecule has 0 spiro atoms. The molecule has 0 rings (SSSR count). The molecule has 0 amide bonds. The zero-order chi connectivity index (χ0) is 8.15. The third-order valence-electron chi connectivity index (χ3n) is 0.923. The molecule has 0 aromatic rings. The van der Waals surface area contributed by atoms with Gasteiger partial charge in [-0.1, -0.05) is 0 Å². The number of rotatable bonds is 4. The second-order valence-electron chi connectivity index (χ2n) is 1.79. The molecule has 0 unspecified atom stereocenters. The Hall–Kier alpha value is -0.450. The molecular formula is C5H8ClNO3. The van der Waals surface area contributed by atoms with Crippen LogP contribution >= 0.6 is 11.6 Å². The van der Waals surface area contributed by atoms with Gasteiger partial charge in [-0.3, -0.25) is 9.59 Å². The summed E-state index contributed by atoms with van der Waals surface area (Å²) in [5, 5.41) is 7.56. The minimum Gasteiger partial charge on any atom is -0.394 e. The predicted molar refractivity (Wildman–Crippen MR) is 35.5 cm³/mol. The third-order valence-corrected chi connectivity index (χ3v) is 1.06. The molecule has 3 N–H and O–H groups in total. The summed E-state index contributed by atoms with van der Waals surface area (Å²) in [7, 11) is 0. The van der Waals surface area contributed by atoms with Gasteiger partial charge in [-0.25, -0.2) is 0 Å². The van der Waals surface area contributed by atoms with Crippen molar-refractivity contribution in [3.63, 3.8) is 0 Å². The summed E-state index contributed by atoms with van der Waals surface area (Å²) < 4.78 is 0. The number of ketones is 1. The molecule has 0 aliphatic carbocycles. The largest absolute Gasteiger partial charge is 0.394 e. The molecule has 0 aliphatic rings. The maximum Gasteiger partial charge on any atom is 0.229 e. The minimum absolute atomic E-state index is 0.413. The van der Waals surface area contributed by atoms with Crippen LogP contribution in [0.5, 0.6) is 0 Å². The molecule has 0 aromatic carbocycles. The Balaban J connectivity index is 3.73. The van der Waals surface area contributed by atoms with Crippen LogP contribution in [0.2, 0.25) is 0 Å². The number of hydrogen-bond acceptors (Lipinski definition) is 4. The van der Waals surface area contributed by atoms with Crippen LogP contribution < -0.4 is 5.73 Å². The van der Waals surface area contributed by atoms with Crippen molar-refractivity contribution < 1.29 is 14.7 Å². The average molecular weight is 166 g/mol. The predicted octanol–water partition coefficient (Wildman–Crippen LogP) is -0.969. The van der Waals surface area contributed by atoms with Crippen LogP contribution in [0.15, 0.2) is 0 Å². The maximum atomic E-state index is 10.6. The summed E-state index contributed by atoms with van der Waals surface area (Å²) in [5.41, 5.74) is 5.05. The number of nitrogens with two attached hydrogens (primary N) is 1. The number of Topliss-reactive ketones (excluding diaryl/α,β-unsaturated/α-hetero) is 1. The maximum absolute atomic E-state index is 10.6. The van der Waals surface area contributed by atoms with Crippen LogP contribution in [0.4, 0.5) is 0 Å². The summed E-state index contributed by atoms with van der Waals surface area (Å²) in [4.78, 5) is 20.7. The van der Waals surface area contributed by atoms with Crippen molar-refractivity contribution in [1.29, 1.82) is 0 Å². The van der Waals surface area contributed by atoms with Gasteiger partial charge in [-0.05, 0) is 11.6 Å². The van der Waals surface area contributed by atoms with Gasteiger partial charge in [-0.2, -0.15) is 0 Å². The monoisotopic (exact) mass is 165 g/mol. The fraction of sp³-hybridized carbons (Fsp3) is 0.600. The summed E-state index contributed by atoms with van der Waals surface area (Å²) in [6.45, 7) is -0.455. The van der Waals surface area contributed by atoms with Crippen molar-refractivity contribution in [2.75, 3.05) is 6.61 Å². The summed E-state index contributed by atoms with van der Waals surface area (Å²) in [6, 6.07) is -0.984. The van der Waals surface area contributed by atoms with E-state index in [4.69, 9.17) is 22.4 Å². The SMILES string of the molecule is N[C@@H](CO)C(=O)CC(=O)Cl. The van der Waals surface area contributed by atoms with E-state index in [9.17, 15) is 9.59 Å². The zero-order valence-corrected chi connectivity index (χ0v) is 5.97. The van der Waals surface area contributed by atoms with Crippen LogP contribution in [-0.2, 0) is 9.59 Å². The minimum atomic E-state index is -0.984. The molecule has 10 heavy (non-hydrogen) atoms. The molecule has 0 saturated carbocycles. The van der Waals surface area contributed by atoms with E-state index in [1.54, 1.807) is 0 Å². The first kappa shape index (κ1) is 9.55. The number of carbonyl (C=O) groups excluding carboxylic acids is 2. The van der Waals surface area contributed by atoms with Crippen LogP contribution in [0, 0.1) is 0 Å². The van der Waals surface area contributed by atoms with Gasteiger partial charge >= 0.3 is 0 Å². The van der Waals surface area contributed by atoms with Gasteiger partial charge in [0.2, 0.25) is 5.24 Å². The first-order valence-electron chi connectivity index (χ1n) is 2.65. The standard InChI is InChI=1S/C5H8ClNO3/c6-5(10)1-4(9)3(7)2-8/h3,8H,1-2,7H2/t3-/m0/s1. The second-order valence-corrected chi connectivity index (χ2v) is 2.21. The number of halogens is 1. The molecule has 0 bridgehead atoms. The van der Waals surface area contributed by atoms with E-state index < -0.39 is 30.1 Å². The summed E-state index contributed by atoms with van der Waals surface area (Å²) in [6.07, 6.45) is -0.413. The van der Waals surface area contributed by atoms with Gasteiger partial charge in [0.15, 0.2) is 5.78 Å². The summed E-state index contributed by atoms with van der Waals surface area (Å²) >= 11 is 4.88. The van der Waals surface area contributed by atoms with Crippen molar-refractivity contribution >= 4 is 22.6 Å². The second kappa shape index (κ2) is 4.38. The highest BCUT2D eigenvalue weighted by Crippen LogP contribution is 1.92. The fourth-order valence-corrected chi connectivity index (χ4v) is 0.502. The van der Waals surface area contributed by atoms with Gasteiger partial charge in [0.05, 0.1) is 19.1 Å². The highest BCUT2D eigenvalue weighted by atomic mass is 35.5. The summed E-state index contributed by atoms with van der Waals surface area (Å²) in [5.74, 6) is -0.539. The first-order chi connectivity index (χ1) is 4.57. The van der Waals surface area contributed by atoms with E-state index in [1.165, 1.54) is 0 Å². The molecule has 4 nitrogen and oxygen atoms in total. The highest BCUT2D eigenvalue weighted by Gasteiger charge is 2.14. The molecule has 58 valence electrons. The van der Waals surface area contributed by atoms with Crippen LogP contribution in [0.25, 0.3) is 0 Å². The molecule has 0 aliphatic heterocycles. The van der Waals surface area contributed by atoms with E-state index in [0.29, 0.717) is 0 Å². The van der Waals surface area contributed by atoms with Gasteiger partial charge in [-0.15, -0.1) is 0 Å².